The fraction of sp³-hybridized carbons (Fsp3) is 0.978. The molecule has 0 radical (unpaired) electrons. The van der Waals surface area contributed by atoms with Crippen molar-refractivity contribution in [1.29, 1.82) is 0 Å². The molecule has 1 saturated carbocycles. The number of hydrogen-bond acceptors (Lipinski definition) is 11. The van der Waals surface area contributed by atoms with E-state index in [1.54, 1.807) is 0 Å². The van der Waals surface area contributed by atoms with Gasteiger partial charge in [-0.15, -0.1) is 0 Å². The van der Waals surface area contributed by atoms with Gasteiger partial charge in [-0.3, -0.25) is 13.8 Å². The molecule has 13 heteroatoms. The van der Waals surface area contributed by atoms with Crippen LogP contribution in [0.2, 0.25) is 0 Å². The number of aliphatic hydroxyl groups is 5. The van der Waals surface area contributed by atoms with Gasteiger partial charge in [-0.25, -0.2) is 4.57 Å². The third-order valence-electron chi connectivity index (χ3n) is 11.7. The highest BCUT2D eigenvalue weighted by atomic mass is 31.2. The average Bonchev–Trinajstić information content (AvgIpc) is 3.22. The van der Waals surface area contributed by atoms with Crippen LogP contribution in [0.4, 0.5) is 0 Å². The summed E-state index contributed by atoms with van der Waals surface area (Å²) in [6.45, 7) is 4.30. The molecular weight excluding hydrogens is 775 g/mol. The van der Waals surface area contributed by atoms with Crippen molar-refractivity contribution < 1.29 is 58.3 Å². The molecule has 0 aliphatic heterocycles. The van der Waals surface area contributed by atoms with Crippen LogP contribution >= 0.6 is 7.82 Å². The van der Waals surface area contributed by atoms with Gasteiger partial charge in [0.25, 0.3) is 0 Å². The summed E-state index contributed by atoms with van der Waals surface area (Å²) in [7, 11) is -5.01. The summed E-state index contributed by atoms with van der Waals surface area (Å²) in [6, 6.07) is 0. The van der Waals surface area contributed by atoms with Gasteiger partial charge in [0.15, 0.2) is 0 Å². The van der Waals surface area contributed by atoms with Gasteiger partial charge in [0.2, 0.25) is 0 Å². The molecule has 6 unspecified atom stereocenters. The van der Waals surface area contributed by atoms with E-state index in [1.165, 1.54) is 161 Å². The molecule has 1 rings (SSSR count). The number of phosphoric ester groups is 1. The number of rotatable bonds is 42. The predicted molar refractivity (Wildman–Crippen MR) is 235 cm³/mol. The van der Waals surface area contributed by atoms with Crippen molar-refractivity contribution in [3.63, 3.8) is 0 Å². The smallest absolute Gasteiger partial charge is 0.457 e. The molecule has 59 heavy (non-hydrogen) atoms. The summed E-state index contributed by atoms with van der Waals surface area (Å²) in [5, 5.41) is 50.2. The Hall–Kier alpha value is -0.660. The maximum atomic E-state index is 12.8. The van der Waals surface area contributed by atoms with Gasteiger partial charge >= 0.3 is 13.8 Å². The highest BCUT2D eigenvalue weighted by Gasteiger charge is 2.51. The molecular formula is C46H91O12P. The topological polar surface area (TPSA) is 192 Å². The van der Waals surface area contributed by atoms with Gasteiger partial charge < -0.3 is 39.9 Å². The number of phosphoric acid groups is 1. The molecule has 0 spiro atoms. The number of esters is 1. The maximum Gasteiger partial charge on any atom is 0.472 e. The summed E-state index contributed by atoms with van der Waals surface area (Å²) in [6.07, 6.45) is 27.4. The maximum absolute atomic E-state index is 12.8. The Morgan fingerprint density at radius 3 is 1.17 bits per heavy atom. The van der Waals surface area contributed by atoms with Crippen molar-refractivity contribution in [2.24, 2.45) is 0 Å². The molecule has 0 aromatic rings. The number of ether oxygens (including phenoxy) is 2. The van der Waals surface area contributed by atoms with Crippen LogP contribution in [0, 0.1) is 0 Å². The Morgan fingerprint density at radius 1 is 0.475 bits per heavy atom. The van der Waals surface area contributed by atoms with Gasteiger partial charge in [-0.2, -0.15) is 0 Å². The third-order valence-corrected chi connectivity index (χ3v) is 12.7. The van der Waals surface area contributed by atoms with Crippen molar-refractivity contribution in [3.05, 3.63) is 0 Å². The van der Waals surface area contributed by atoms with E-state index in [0.29, 0.717) is 13.0 Å². The van der Waals surface area contributed by atoms with Crippen molar-refractivity contribution in [3.8, 4) is 0 Å². The van der Waals surface area contributed by atoms with Crippen LogP contribution in [0.5, 0.6) is 0 Å². The lowest BCUT2D eigenvalue weighted by Crippen LogP contribution is -2.64. The quantitative estimate of drug-likeness (QED) is 0.0194. The van der Waals surface area contributed by atoms with E-state index in [4.69, 9.17) is 18.5 Å². The van der Waals surface area contributed by atoms with Gasteiger partial charge in [-0.1, -0.05) is 206 Å². The average molecular weight is 867 g/mol. The third kappa shape index (κ3) is 30.1. The zero-order valence-electron chi connectivity index (χ0n) is 37.6. The summed E-state index contributed by atoms with van der Waals surface area (Å²) < 4.78 is 34.2. The van der Waals surface area contributed by atoms with Gasteiger partial charge in [0.1, 0.15) is 42.7 Å². The highest BCUT2D eigenvalue weighted by molar-refractivity contribution is 7.47. The van der Waals surface area contributed by atoms with Crippen molar-refractivity contribution >= 4 is 13.8 Å². The summed E-state index contributed by atoms with van der Waals surface area (Å²) in [5.41, 5.74) is 0. The van der Waals surface area contributed by atoms with E-state index in [1.807, 2.05) is 0 Å². The van der Waals surface area contributed by atoms with Gasteiger partial charge in [0, 0.05) is 13.0 Å². The van der Waals surface area contributed by atoms with Crippen molar-refractivity contribution in [2.45, 2.75) is 268 Å². The monoisotopic (exact) mass is 867 g/mol. The Bertz CT molecular complexity index is 989. The first-order valence-electron chi connectivity index (χ1n) is 24.4. The number of aliphatic hydroxyl groups excluding tert-OH is 5. The van der Waals surface area contributed by atoms with Crippen LogP contribution in [-0.4, -0.2) is 98.9 Å². The molecule has 352 valence electrons. The minimum absolute atomic E-state index is 0.0677. The molecule has 12 nitrogen and oxygen atoms in total. The SMILES string of the molecule is CCCCCCCCCCCCCCCCCCCCOCC(COP(=O)(O)OC1C(O)C(O)C(O)C(O)C1O)OC(=O)CCCCCCCCCCCCCCCC. The molecule has 0 aromatic carbocycles. The number of carbonyl (C=O) groups excluding carboxylic acids is 1. The van der Waals surface area contributed by atoms with Crippen LogP contribution < -0.4 is 0 Å². The Balaban J connectivity index is 2.34. The fourth-order valence-electron chi connectivity index (χ4n) is 7.83. The molecule has 1 aliphatic carbocycles. The van der Waals surface area contributed by atoms with E-state index >= 15 is 0 Å². The van der Waals surface area contributed by atoms with Crippen LogP contribution in [0.25, 0.3) is 0 Å². The van der Waals surface area contributed by atoms with Gasteiger partial charge in [0.05, 0.1) is 13.2 Å². The number of unbranched alkanes of at least 4 members (excludes halogenated alkanes) is 30. The molecule has 6 N–H and O–H groups in total. The normalized spacial score (nSPS) is 22.4. The van der Waals surface area contributed by atoms with E-state index in [0.717, 1.165) is 38.5 Å². The summed E-state index contributed by atoms with van der Waals surface area (Å²) in [5.74, 6) is -0.471. The molecule has 6 atom stereocenters. The van der Waals surface area contributed by atoms with Crippen LogP contribution in [-0.2, 0) is 27.9 Å². The molecule has 0 amide bonds. The van der Waals surface area contributed by atoms with Gasteiger partial charge in [-0.05, 0) is 12.8 Å². The fourth-order valence-corrected chi connectivity index (χ4v) is 8.80. The molecule has 1 aliphatic rings. The molecule has 1 fully saturated rings. The zero-order chi connectivity index (χ0) is 43.4. The lowest BCUT2D eigenvalue weighted by molar-refractivity contribution is -0.220. The Kier molecular flexibility index (Phi) is 36.2. The molecule has 0 saturated heterocycles. The summed E-state index contributed by atoms with van der Waals surface area (Å²) >= 11 is 0. The van der Waals surface area contributed by atoms with Crippen LogP contribution in [0.15, 0.2) is 0 Å². The van der Waals surface area contributed by atoms with E-state index in [2.05, 4.69) is 13.8 Å². The molecule has 0 aromatic heterocycles. The van der Waals surface area contributed by atoms with Crippen LogP contribution in [0.3, 0.4) is 0 Å². The standard InChI is InChI=1S/C46H91O12P/c1-3-5-7-9-11-13-15-17-19-20-21-22-24-26-28-30-32-34-36-55-37-39(38-56-59(53,54)58-46-44(51)42(49)41(48)43(50)45(46)52)57-40(47)35-33-31-29-27-25-23-18-16-14-12-10-8-6-4-2/h39,41-46,48-52H,3-38H2,1-2H3,(H,53,54). The Labute approximate surface area is 359 Å². The first kappa shape index (κ1) is 56.4. The van der Waals surface area contributed by atoms with E-state index < -0.39 is 63.1 Å². The van der Waals surface area contributed by atoms with Crippen molar-refractivity contribution in [1.82, 2.24) is 0 Å². The molecule has 0 bridgehead atoms. The van der Waals surface area contributed by atoms with E-state index in [9.17, 15) is 39.8 Å². The second kappa shape index (κ2) is 37.9. The van der Waals surface area contributed by atoms with Crippen molar-refractivity contribution in [2.75, 3.05) is 19.8 Å². The second-order valence-electron chi connectivity index (χ2n) is 17.3. The lowest BCUT2D eigenvalue weighted by atomic mass is 9.85. The largest absolute Gasteiger partial charge is 0.472 e. The summed E-state index contributed by atoms with van der Waals surface area (Å²) in [4.78, 5) is 23.2. The number of hydrogen-bond donors (Lipinski definition) is 6. The first-order valence-corrected chi connectivity index (χ1v) is 25.9. The predicted octanol–water partition coefficient (Wildman–Crippen LogP) is 10.1. The Morgan fingerprint density at radius 2 is 0.797 bits per heavy atom. The minimum atomic E-state index is -5.01. The van der Waals surface area contributed by atoms with Crippen LogP contribution in [0.1, 0.15) is 226 Å². The van der Waals surface area contributed by atoms with E-state index in [-0.39, 0.29) is 13.0 Å². The lowest BCUT2D eigenvalue weighted by Gasteiger charge is -2.41. The zero-order valence-corrected chi connectivity index (χ0v) is 38.5. The molecule has 0 heterocycles. The second-order valence-corrected chi connectivity index (χ2v) is 18.7. The number of carbonyl (C=O) groups is 1. The highest BCUT2D eigenvalue weighted by Crippen LogP contribution is 2.47. The first-order chi connectivity index (χ1) is 28.5. The minimum Gasteiger partial charge on any atom is -0.457 e.